The van der Waals surface area contributed by atoms with Crippen LogP contribution < -0.4 is 5.32 Å². The molecule has 0 heterocycles. The topological polar surface area (TPSA) is 47.6 Å². The lowest BCUT2D eigenvalue weighted by atomic mass is 9.98. The van der Waals surface area contributed by atoms with Crippen LogP contribution >= 0.6 is 7.60 Å². The Morgan fingerprint density at radius 3 is 1.45 bits per heavy atom. The summed E-state index contributed by atoms with van der Waals surface area (Å²) < 4.78 is 25.3. The molecule has 0 radical (unpaired) electrons. The molecule has 0 saturated carbocycles. The van der Waals surface area contributed by atoms with Gasteiger partial charge in [0.2, 0.25) is 0 Å². The minimum Gasteiger partial charge on any atom is -0.308 e. The zero-order valence-electron chi connectivity index (χ0n) is 16.9. The van der Waals surface area contributed by atoms with E-state index in [0.29, 0.717) is 13.2 Å². The number of hydrogen-bond donors (Lipinski definition) is 1. The molecule has 0 aliphatic rings. The van der Waals surface area contributed by atoms with E-state index in [1.54, 1.807) is 0 Å². The van der Waals surface area contributed by atoms with Crippen molar-refractivity contribution in [2.75, 3.05) is 13.2 Å². The van der Waals surface area contributed by atoms with Crippen molar-refractivity contribution < 1.29 is 13.6 Å². The zero-order chi connectivity index (χ0) is 20.5. The Balaban J connectivity index is 2.07. The highest BCUT2D eigenvalue weighted by atomic mass is 31.2. The SMILES string of the molecule is CCOP(=O)(OCC)C(NC(c1ccccc1)c1ccccc1)c1ccccc1. The van der Waals surface area contributed by atoms with Gasteiger partial charge < -0.3 is 9.05 Å². The first-order valence-electron chi connectivity index (χ1n) is 9.97. The number of nitrogens with one attached hydrogen (secondary N) is 1. The van der Waals surface area contributed by atoms with Crippen molar-refractivity contribution in [1.82, 2.24) is 5.32 Å². The monoisotopic (exact) mass is 409 g/mol. The molecule has 29 heavy (non-hydrogen) atoms. The van der Waals surface area contributed by atoms with Crippen molar-refractivity contribution in [2.45, 2.75) is 25.7 Å². The van der Waals surface area contributed by atoms with E-state index >= 15 is 0 Å². The van der Waals surface area contributed by atoms with Gasteiger partial charge in [0.1, 0.15) is 5.78 Å². The first-order chi connectivity index (χ1) is 14.2. The Hall–Kier alpha value is -2.23. The highest BCUT2D eigenvalue weighted by Crippen LogP contribution is 2.60. The maximum atomic E-state index is 13.8. The number of hydrogen-bond acceptors (Lipinski definition) is 4. The second-order valence-electron chi connectivity index (χ2n) is 6.61. The summed E-state index contributed by atoms with van der Waals surface area (Å²) in [5.41, 5.74) is 3.04. The van der Waals surface area contributed by atoms with E-state index < -0.39 is 13.4 Å². The minimum atomic E-state index is -3.46. The summed E-state index contributed by atoms with van der Waals surface area (Å²) in [6.45, 7) is 4.28. The fraction of sp³-hybridized carbons (Fsp3) is 0.250. The molecule has 4 nitrogen and oxygen atoms in total. The fourth-order valence-electron chi connectivity index (χ4n) is 3.39. The number of rotatable bonds is 10. The van der Waals surface area contributed by atoms with Gasteiger partial charge in [-0.15, -0.1) is 0 Å². The van der Waals surface area contributed by atoms with Crippen LogP contribution in [0.15, 0.2) is 91.0 Å². The van der Waals surface area contributed by atoms with Crippen LogP contribution in [0.3, 0.4) is 0 Å². The summed E-state index contributed by atoms with van der Waals surface area (Å²) >= 11 is 0. The molecular weight excluding hydrogens is 381 g/mol. The van der Waals surface area contributed by atoms with Gasteiger partial charge in [0.05, 0.1) is 19.3 Å². The lowest BCUT2D eigenvalue weighted by molar-refractivity contribution is 0.206. The Morgan fingerprint density at radius 1 is 0.690 bits per heavy atom. The Bertz CT molecular complexity index is 854. The lowest BCUT2D eigenvalue weighted by Crippen LogP contribution is -2.29. The molecule has 1 unspecified atom stereocenters. The van der Waals surface area contributed by atoms with Crippen LogP contribution in [-0.2, 0) is 13.6 Å². The van der Waals surface area contributed by atoms with Crippen molar-refractivity contribution in [3.63, 3.8) is 0 Å². The average molecular weight is 409 g/mol. The predicted octanol–water partition coefficient (Wildman–Crippen LogP) is 6.33. The van der Waals surface area contributed by atoms with Crippen LogP contribution in [0, 0.1) is 0 Å². The van der Waals surface area contributed by atoms with Crippen molar-refractivity contribution >= 4 is 7.60 Å². The standard InChI is InChI=1S/C24H28NO3P/c1-3-27-29(26,28-4-2)24(22-18-12-7-13-19-22)25-23(20-14-8-5-9-15-20)21-16-10-6-11-17-21/h5-19,23-25H,3-4H2,1-2H3. The third-order valence-corrected chi connectivity index (χ3v) is 6.96. The second-order valence-corrected chi connectivity index (χ2v) is 8.72. The van der Waals surface area contributed by atoms with Gasteiger partial charge >= 0.3 is 7.60 Å². The summed E-state index contributed by atoms with van der Waals surface area (Å²) in [4.78, 5) is 0. The summed E-state index contributed by atoms with van der Waals surface area (Å²) in [5, 5.41) is 3.60. The second kappa shape index (κ2) is 10.5. The first-order valence-corrected chi connectivity index (χ1v) is 11.6. The average Bonchev–Trinajstić information content (AvgIpc) is 2.76. The van der Waals surface area contributed by atoms with Gasteiger partial charge in [-0.2, -0.15) is 0 Å². The Morgan fingerprint density at radius 2 is 1.07 bits per heavy atom. The third kappa shape index (κ3) is 5.43. The van der Waals surface area contributed by atoms with Crippen molar-refractivity contribution in [1.29, 1.82) is 0 Å². The van der Waals surface area contributed by atoms with E-state index in [0.717, 1.165) is 16.7 Å². The van der Waals surface area contributed by atoms with Gasteiger partial charge in [-0.3, -0.25) is 9.88 Å². The van der Waals surface area contributed by atoms with Gasteiger partial charge in [-0.05, 0) is 30.5 Å². The molecule has 0 aromatic heterocycles. The number of benzene rings is 3. The van der Waals surface area contributed by atoms with Gasteiger partial charge in [0, 0.05) is 0 Å². The summed E-state index contributed by atoms with van der Waals surface area (Å²) in [5.74, 6) is -0.603. The molecule has 5 heteroatoms. The molecule has 0 aliphatic carbocycles. The van der Waals surface area contributed by atoms with Gasteiger partial charge in [-0.25, -0.2) is 0 Å². The van der Waals surface area contributed by atoms with E-state index in [-0.39, 0.29) is 6.04 Å². The summed E-state index contributed by atoms with van der Waals surface area (Å²) in [6, 6.07) is 29.8. The Kier molecular flexibility index (Phi) is 7.79. The maximum Gasteiger partial charge on any atom is 0.351 e. The smallest absolute Gasteiger partial charge is 0.308 e. The van der Waals surface area contributed by atoms with E-state index in [9.17, 15) is 4.57 Å². The zero-order valence-corrected chi connectivity index (χ0v) is 17.8. The van der Waals surface area contributed by atoms with E-state index in [1.807, 2.05) is 80.6 Å². The van der Waals surface area contributed by atoms with Crippen LogP contribution in [0.25, 0.3) is 0 Å². The molecule has 1 atom stereocenters. The highest BCUT2D eigenvalue weighted by Gasteiger charge is 2.38. The van der Waals surface area contributed by atoms with Crippen LogP contribution in [0.5, 0.6) is 0 Å². The molecule has 0 spiro atoms. The largest absolute Gasteiger partial charge is 0.351 e. The maximum absolute atomic E-state index is 13.8. The highest BCUT2D eigenvalue weighted by molar-refractivity contribution is 7.54. The van der Waals surface area contributed by atoms with Crippen molar-refractivity contribution in [3.05, 3.63) is 108 Å². The minimum absolute atomic E-state index is 0.170. The molecular formula is C24H28NO3P. The van der Waals surface area contributed by atoms with Crippen LogP contribution in [0.1, 0.15) is 42.4 Å². The summed E-state index contributed by atoms with van der Waals surface area (Å²) in [7, 11) is -3.46. The molecule has 0 fully saturated rings. The first kappa shape index (κ1) is 21.5. The van der Waals surface area contributed by atoms with Gasteiger partial charge in [-0.1, -0.05) is 91.0 Å². The van der Waals surface area contributed by atoms with Crippen LogP contribution in [0.4, 0.5) is 0 Å². The van der Waals surface area contributed by atoms with Crippen molar-refractivity contribution in [2.24, 2.45) is 0 Å². The molecule has 3 aromatic carbocycles. The fourth-order valence-corrected chi connectivity index (χ4v) is 5.35. The van der Waals surface area contributed by atoms with Crippen LogP contribution in [0.2, 0.25) is 0 Å². The normalized spacial score (nSPS) is 12.8. The molecule has 152 valence electrons. The van der Waals surface area contributed by atoms with Gasteiger partial charge in [0.25, 0.3) is 0 Å². The van der Waals surface area contributed by atoms with E-state index in [1.165, 1.54) is 0 Å². The molecule has 0 amide bonds. The molecule has 0 saturated heterocycles. The summed E-state index contributed by atoms with van der Waals surface area (Å²) in [6.07, 6.45) is 0. The van der Waals surface area contributed by atoms with Crippen molar-refractivity contribution in [3.8, 4) is 0 Å². The molecule has 3 rings (SSSR count). The van der Waals surface area contributed by atoms with E-state index in [4.69, 9.17) is 9.05 Å². The predicted molar refractivity (Wildman–Crippen MR) is 118 cm³/mol. The quantitative estimate of drug-likeness (QED) is 0.398. The molecule has 1 N–H and O–H groups in total. The molecule has 3 aromatic rings. The van der Waals surface area contributed by atoms with Crippen LogP contribution in [-0.4, -0.2) is 13.2 Å². The van der Waals surface area contributed by atoms with Gasteiger partial charge in [0.15, 0.2) is 0 Å². The molecule has 0 aliphatic heterocycles. The molecule has 0 bridgehead atoms. The third-order valence-electron chi connectivity index (χ3n) is 4.64. The van der Waals surface area contributed by atoms with E-state index in [2.05, 4.69) is 29.6 Å². The lowest BCUT2D eigenvalue weighted by Gasteiger charge is -2.31. The Labute approximate surface area is 173 Å².